The van der Waals surface area contributed by atoms with E-state index < -0.39 is 0 Å². The van der Waals surface area contributed by atoms with Crippen LogP contribution >= 0.6 is 27.7 Å². The Kier molecular flexibility index (Phi) is 6.84. The lowest BCUT2D eigenvalue weighted by molar-refractivity contribution is 0.0940. The molecule has 0 spiro atoms. The number of aromatic nitrogens is 2. The molecule has 0 aliphatic carbocycles. The molecule has 1 saturated heterocycles. The van der Waals surface area contributed by atoms with Gasteiger partial charge in [0.1, 0.15) is 23.7 Å². The number of nitrogens with one attached hydrogen (secondary N) is 1. The number of fused-ring (bicyclic) bond motifs is 1. The van der Waals surface area contributed by atoms with E-state index in [1.54, 1.807) is 0 Å². The van der Waals surface area contributed by atoms with Crippen LogP contribution in [0.2, 0.25) is 0 Å². The molecule has 1 N–H and O–H groups in total. The smallest absolute Gasteiger partial charge is 0.270 e. The van der Waals surface area contributed by atoms with Gasteiger partial charge in [-0.25, -0.2) is 4.98 Å². The largest absolute Gasteiger partial charge is 0.492 e. The van der Waals surface area contributed by atoms with Gasteiger partial charge in [0.25, 0.3) is 5.91 Å². The van der Waals surface area contributed by atoms with Crippen LogP contribution in [0, 0.1) is 0 Å². The van der Waals surface area contributed by atoms with Crippen molar-refractivity contribution in [2.75, 3.05) is 42.6 Å². The average molecular weight is 489 g/mol. The fourth-order valence-electron chi connectivity index (χ4n) is 3.55. The van der Waals surface area contributed by atoms with Gasteiger partial charge in [-0.15, -0.1) is 0 Å². The van der Waals surface area contributed by atoms with Crippen molar-refractivity contribution in [1.29, 1.82) is 0 Å². The molecular weight excluding hydrogens is 464 g/mol. The highest BCUT2D eigenvalue weighted by atomic mass is 79.9. The van der Waals surface area contributed by atoms with Crippen LogP contribution in [0.4, 0.5) is 5.69 Å². The zero-order chi connectivity index (χ0) is 20.9. The molecule has 0 unspecified atom stereocenters. The molecule has 1 fully saturated rings. The number of amides is 1. The average Bonchev–Trinajstić information content (AvgIpc) is 3.15. The monoisotopic (exact) mass is 488 g/mol. The second-order valence-corrected chi connectivity index (χ2v) is 9.17. The summed E-state index contributed by atoms with van der Waals surface area (Å²) >= 11 is 5.47. The van der Waals surface area contributed by atoms with Gasteiger partial charge >= 0.3 is 0 Å². The number of benzene rings is 1. The van der Waals surface area contributed by atoms with Gasteiger partial charge in [-0.05, 0) is 58.7 Å². The number of carbonyl (C=O) groups is 1. The second kappa shape index (κ2) is 9.75. The predicted octanol–water partition coefficient (Wildman–Crippen LogP) is 4.02. The van der Waals surface area contributed by atoms with Gasteiger partial charge in [-0.1, -0.05) is 6.92 Å². The van der Waals surface area contributed by atoms with Crippen LogP contribution in [0.15, 0.2) is 47.1 Å². The van der Waals surface area contributed by atoms with Crippen molar-refractivity contribution in [2.24, 2.45) is 0 Å². The lowest BCUT2D eigenvalue weighted by Crippen LogP contribution is -2.32. The minimum atomic E-state index is -0.139. The Balaban J connectivity index is 1.32. The molecule has 1 aliphatic rings. The van der Waals surface area contributed by atoms with E-state index >= 15 is 0 Å². The summed E-state index contributed by atoms with van der Waals surface area (Å²) in [5.74, 6) is 3.04. The van der Waals surface area contributed by atoms with Crippen molar-refractivity contribution in [3.63, 3.8) is 0 Å². The first-order valence-electron chi connectivity index (χ1n) is 10.2. The van der Waals surface area contributed by atoms with Crippen molar-refractivity contribution in [3.8, 4) is 5.75 Å². The Bertz CT molecular complexity index is 1020. The number of hydrogen-bond donors (Lipinski definition) is 1. The van der Waals surface area contributed by atoms with E-state index in [4.69, 9.17) is 4.74 Å². The van der Waals surface area contributed by atoms with Crippen molar-refractivity contribution in [3.05, 3.63) is 58.5 Å². The Labute approximate surface area is 189 Å². The number of pyridine rings is 1. The number of aryl methyl sites for hydroxylation is 1. The number of imidazole rings is 1. The van der Waals surface area contributed by atoms with E-state index in [1.165, 1.54) is 17.2 Å². The van der Waals surface area contributed by atoms with Crippen molar-refractivity contribution >= 4 is 44.9 Å². The number of carbonyl (C=O) groups excluding carboxylic acids is 1. The Morgan fingerprint density at radius 3 is 2.70 bits per heavy atom. The van der Waals surface area contributed by atoms with Gasteiger partial charge in [0.05, 0.1) is 12.2 Å². The number of anilines is 1. The first-order valence-corrected chi connectivity index (χ1v) is 12.1. The molecule has 1 aromatic carbocycles. The molecule has 1 amide bonds. The zero-order valence-corrected chi connectivity index (χ0v) is 19.3. The summed E-state index contributed by atoms with van der Waals surface area (Å²) < 4.78 is 8.54. The van der Waals surface area contributed by atoms with Gasteiger partial charge < -0.3 is 15.0 Å². The van der Waals surface area contributed by atoms with Crippen molar-refractivity contribution < 1.29 is 9.53 Å². The lowest BCUT2D eigenvalue weighted by atomic mass is 10.2. The summed E-state index contributed by atoms with van der Waals surface area (Å²) in [5.41, 5.74) is 3.38. The van der Waals surface area contributed by atoms with E-state index in [0.717, 1.165) is 34.7 Å². The second-order valence-electron chi connectivity index (χ2n) is 7.03. The van der Waals surface area contributed by atoms with Gasteiger partial charge in [-0.2, -0.15) is 11.8 Å². The topological polar surface area (TPSA) is 58.9 Å². The number of nitrogens with zero attached hydrogens (tertiary/aromatic N) is 3. The van der Waals surface area contributed by atoms with Crippen LogP contribution in [0.25, 0.3) is 5.65 Å². The van der Waals surface area contributed by atoms with Crippen LogP contribution in [-0.2, 0) is 6.42 Å². The number of hydrogen-bond acceptors (Lipinski definition) is 5. The molecule has 6 nitrogen and oxygen atoms in total. The molecule has 0 saturated carbocycles. The summed E-state index contributed by atoms with van der Waals surface area (Å²) in [6.07, 6.45) is 2.57. The SMILES string of the molecule is CCc1nc2ccc(Br)cn2c1C(=O)NCCOc1ccc(N2CCSCC2)cc1. The van der Waals surface area contributed by atoms with Gasteiger partial charge in [-0.3, -0.25) is 9.20 Å². The minimum absolute atomic E-state index is 0.139. The van der Waals surface area contributed by atoms with Crippen LogP contribution in [0.5, 0.6) is 5.75 Å². The summed E-state index contributed by atoms with van der Waals surface area (Å²) in [6.45, 7) is 5.03. The molecule has 2 aromatic heterocycles. The number of halogens is 1. The molecule has 4 rings (SSSR count). The summed E-state index contributed by atoms with van der Waals surface area (Å²) in [6, 6.07) is 12.0. The fourth-order valence-corrected chi connectivity index (χ4v) is 4.79. The fraction of sp³-hybridized carbons (Fsp3) is 0.364. The minimum Gasteiger partial charge on any atom is -0.492 e. The van der Waals surface area contributed by atoms with E-state index in [2.05, 4.69) is 43.3 Å². The van der Waals surface area contributed by atoms with Crippen LogP contribution < -0.4 is 15.0 Å². The molecule has 0 atom stereocenters. The maximum atomic E-state index is 12.8. The molecule has 0 bridgehead atoms. The normalized spacial score (nSPS) is 14.1. The molecule has 3 aromatic rings. The third-order valence-corrected chi connectivity index (χ3v) is 6.49. The predicted molar refractivity (Wildman–Crippen MR) is 126 cm³/mol. The van der Waals surface area contributed by atoms with E-state index in [1.807, 2.05) is 53.5 Å². The van der Waals surface area contributed by atoms with Gasteiger partial charge in [0, 0.05) is 41.0 Å². The number of ether oxygens (including phenoxy) is 1. The molecular formula is C22H25BrN4O2S. The third kappa shape index (κ3) is 4.75. The van der Waals surface area contributed by atoms with Crippen molar-refractivity contribution in [1.82, 2.24) is 14.7 Å². The maximum Gasteiger partial charge on any atom is 0.270 e. The zero-order valence-electron chi connectivity index (χ0n) is 16.9. The lowest BCUT2D eigenvalue weighted by Gasteiger charge is -2.28. The van der Waals surface area contributed by atoms with Crippen molar-refractivity contribution in [2.45, 2.75) is 13.3 Å². The van der Waals surface area contributed by atoms with E-state index in [-0.39, 0.29) is 5.91 Å². The molecule has 8 heteroatoms. The number of thioether (sulfide) groups is 1. The molecule has 3 heterocycles. The van der Waals surface area contributed by atoms with E-state index in [0.29, 0.717) is 25.3 Å². The summed E-state index contributed by atoms with van der Waals surface area (Å²) in [7, 11) is 0. The quantitative estimate of drug-likeness (QED) is 0.508. The van der Waals surface area contributed by atoms with Crippen LogP contribution in [0.1, 0.15) is 23.1 Å². The summed E-state index contributed by atoms with van der Waals surface area (Å²) in [4.78, 5) is 19.8. The highest BCUT2D eigenvalue weighted by molar-refractivity contribution is 9.10. The Hall–Kier alpha value is -2.19. The standard InChI is InChI=1S/C22H25BrN4O2S/c1-2-19-21(27-15-16(23)3-8-20(27)25-19)22(28)24-9-12-29-18-6-4-17(5-7-18)26-10-13-30-14-11-26/h3-8,15H,2,9-14H2,1H3,(H,24,28). The highest BCUT2D eigenvalue weighted by Gasteiger charge is 2.18. The third-order valence-electron chi connectivity index (χ3n) is 5.07. The molecule has 0 radical (unpaired) electrons. The van der Waals surface area contributed by atoms with Gasteiger partial charge in [0.2, 0.25) is 0 Å². The van der Waals surface area contributed by atoms with Gasteiger partial charge in [0.15, 0.2) is 0 Å². The molecule has 30 heavy (non-hydrogen) atoms. The Morgan fingerprint density at radius 2 is 1.97 bits per heavy atom. The summed E-state index contributed by atoms with van der Waals surface area (Å²) in [5, 5.41) is 2.95. The first-order chi connectivity index (χ1) is 14.7. The molecule has 158 valence electrons. The highest BCUT2D eigenvalue weighted by Crippen LogP contribution is 2.22. The maximum absolute atomic E-state index is 12.8. The number of rotatable bonds is 7. The first kappa shape index (κ1) is 21.1. The Morgan fingerprint density at radius 1 is 1.20 bits per heavy atom. The molecule has 1 aliphatic heterocycles. The van der Waals surface area contributed by atoms with Crippen LogP contribution in [0.3, 0.4) is 0 Å². The van der Waals surface area contributed by atoms with E-state index in [9.17, 15) is 4.79 Å². The van der Waals surface area contributed by atoms with Crippen LogP contribution in [-0.4, -0.2) is 53.0 Å².